The average molecular weight is 341 g/mol. The van der Waals surface area contributed by atoms with E-state index in [1.165, 1.54) is 0 Å². The Morgan fingerprint density at radius 3 is 2.56 bits per heavy atom. The van der Waals surface area contributed by atoms with Crippen molar-refractivity contribution >= 4 is 17.5 Å². The summed E-state index contributed by atoms with van der Waals surface area (Å²) >= 11 is 0. The molecule has 0 atom stereocenters. The van der Waals surface area contributed by atoms with Crippen molar-refractivity contribution in [2.75, 3.05) is 5.32 Å². The van der Waals surface area contributed by atoms with E-state index in [9.17, 15) is 9.59 Å². The molecule has 0 spiro atoms. The fraction of sp³-hybridized carbons (Fsp3) is 0.421. The number of aryl methyl sites for hydroxylation is 1. The fourth-order valence-electron chi connectivity index (χ4n) is 2.94. The highest BCUT2D eigenvalue weighted by Crippen LogP contribution is 2.25. The molecule has 0 unspecified atom stereocenters. The van der Waals surface area contributed by atoms with Gasteiger partial charge in [-0.15, -0.1) is 0 Å². The molecule has 3 rings (SSSR count). The molecule has 0 radical (unpaired) electrons. The first-order valence-electron chi connectivity index (χ1n) is 8.55. The van der Waals surface area contributed by atoms with E-state index in [0.717, 1.165) is 37.0 Å². The van der Waals surface area contributed by atoms with Gasteiger partial charge in [0.1, 0.15) is 5.76 Å². The van der Waals surface area contributed by atoms with Crippen LogP contribution < -0.4 is 10.6 Å². The number of para-hydroxylation sites is 1. The van der Waals surface area contributed by atoms with Crippen LogP contribution in [0.15, 0.2) is 28.8 Å². The van der Waals surface area contributed by atoms with Crippen molar-refractivity contribution < 1.29 is 14.1 Å². The van der Waals surface area contributed by atoms with Crippen LogP contribution in [-0.2, 0) is 12.8 Å². The van der Waals surface area contributed by atoms with Crippen LogP contribution in [0.5, 0.6) is 0 Å². The lowest BCUT2D eigenvalue weighted by Crippen LogP contribution is -2.40. The van der Waals surface area contributed by atoms with E-state index in [1.54, 1.807) is 24.3 Å². The second kappa shape index (κ2) is 6.70. The third kappa shape index (κ3) is 3.90. The maximum atomic E-state index is 12.6. The third-order valence-corrected chi connectivity index (χ3v) is 4.07. The minimum absolute atomic E-state index is 0.231. The Balaban J connectivity index is 1.83. The van der Waals surface area contributed by atoms with Crippen molar-refractivity contribution in [3.63, 3.8) is 0 Å². The Morgan fingerprint density at radius 1 is 1.08 bits per heavy atom. The first kappa shape index (κ1) is 17.2. The van der Waals surface area contributed by atoms with Gasteiger partial charge in [0.25, 0.3) is 11.8 Å². The minimum atomic E-state index is -0.362. The van der Waals surface area contributed by atoms with Crippen LogP contribution in [0.4, 0.5) is 5.69 Å². The summed E-state index contributed by atoms with van der Waals surface area (Å²) in [6.45, 7) is 5.73. The minimum Gasteiger partial charge on any atom is -0.360 e. The molecule has 6 heteroatoms. The summed E-state index contributed by atoms with van der Waals surface area (Å²) in [5.41, 5.74) is 1.73. The quantitative estimate of drug-likeness (QED) is 0.897. The molecule has 1 aromatic heterocycles. The van der Waals surface area contributed by atoms with Gasteiger partial charge in [0.05, 0.1) is 11.3 Å². The van der Waals surface area contributed by atoms with Gasteiger partial charge < -0.3 is 15.2 Å². The van der Waals surface area contributed by atoms with Crippen LogP contribution in [0.1, 0.15) is 65.8 Å². The molecule has 6 nitrogen and oxygen atoms in total. The second-order valence-corrected chi connectivity index (χ2v) is 7.34. The average Bonchev–Trinajstić information content (AvgIpc) is 2.98. The van der Waals surface area contributed by atoms with Gasteiger partial charge in [-0.25, -0.2) is 0 Å². The molecule has 2 amide bonds. The Bertz CT molecular complexity index is 802. The number of nitrogens with one attached hydrogen (secondary N) is 2. The summed E-state index contributed by atoms with van der Waals surface area (Å²) in [5.74, 6) is 0.226. The number of nitrogens with zero attached hydrogens (tertiary/aromatic N) is 1. The van der Waals surface area contributed by atoms with Crippen molar-refractivity contribution in [1.82, 2.24) is 10.5 Å². The van der Waals surface area contributed by atoms with Crippen LogP contribution in [0.25, 0.3) is 0 Å². The second-order valence-electron chi connectivity index (χ2n) is 7.34. The highest BCUT2D eigenvalue weighted by Gasteiger charge is 2.25. The molecule has 0 fully saturated rings. The topological polar surface area (TPSA) is 84.2 Å². The van der Waals surface area contributed by atoms with Crippen molar-refractivity contribution in [3.8, 4) is 0 Å². The number of carbonyl (C=O) groups is 2. The van der Waals surface area contributed by atoms with Crippen LogP contribution in [0.2, 0.25) is 0 Å². The zero-order valence-corrected chi connectivity index (χ0v) is 14.8. The van der Waals surface area contributed by atoms with E-state index in [0.29, 0.717) is 16.9 Å². The first-order chi connectivity index (χ1) is 11.8. The number of benzene rings is 1. The van der Waals surface area contributed by atoms with Gasteiger partial charge in [-0.05, 0) is 52.2 Å². The molecular weight excluding hydrogens is 318 g/mol. The lowest BCUT2D eigenvalue weighted by Gasteiger charge is -2.21. The van der Waals surface area contributed by atoms with E-state index in [4.69, 9.17) is 4.52 Å². The fourth-order valence-corrected chi connectivity index (χ4v) is 2.94. The number of carbonyl (C=O) groups excluding carboxylic acids is 2. The van der Waals surface area contributed by atoms with Gasteiger partial charge in [-0.1, -0.05) is 17.3 Å². The summed E-state index contributed by atoms with van der Waals surface area (Å²) < 4.78 is 5.30. The van der Waals surface area contributed by atoms with Crippen LogP contribution in [0.3, 0.4) is 0 Å². The zero-order chi connectivity index (χ0) is 18.0. The van der Waals surface area contributed by atoms with E-state index in [-0.39, 0.29) is 17.4 Å². The van der Waals surface area contributed by atoms with Gasteiger partial charge >= 0.3 is 0 Å². The van der Waals surface area contributed by atoms with Gasteiger partial charge in [-0.2, -0.15) is 0 Å². The van der Waals surface area contributed by atoms with Gasteiger partial charge in [0, 0.05) is 17.5 Å². The van der Waals surface area contributed by atoms with E-state index < -0.39 is 0 Å². The van der Waals surface area contributed by atoms with Crippen LogP contribution in [0, 0.1) is 0 Å². The number of hydrogen-bond donors (Lipinski definition) is 2. The predicted octanol–water partition coefficient (Wildman–Crippen LogP) is 3.33. The van der Waals surface area contributed by atoms with E-state index in [2.05, 4.69) is 15.8 Å². The largest absolute Gasteiger partial charge is 0.360 e. The summed E-state index contributed by atoms with van der Waals surface area (Å²) in [6, 6.07) is 6.95. The SMILES string of the molecule is CC(C)(C)NC(=O)c1ccccc1NC(=O)c1noc2c1CCCC2. The monoisotopic (exact) mass is 341 g/mol. The van der Waals surface area contributed by atoms with Crippen molar-refractivity contribution in [2.24, 2.45) is 0 Å². The zero-order valence-electron chi connectivity index (χ0n) is 14.8. The Hall–Kier alpha value is -2.63. The van der Waals surface area contributed by atoms with Crippen molar-refractivity contribution in [2.45, 2.75) is 52.0 Å². The van der Waals surface area contributed by atoms with Gasteiger partial charge in [-0.3, -0.25) is 9.59 Å². The maximum Gasteiger partial charge on any atom is 0.278 e. The lowest BCUT2D eigenvalue weighted by molar-refractivity contribution is 0.0920. The molecule has 25 heavy (non-hydrogen) atoms. The van der Waals surface area contributed by atoms with Crippen LogP contribution in [-0.4, -0.2) is 22.5 Å². The molecule has 2 N–H and O–H groups in total. The third-order valence-electron chi connectivity index (χ3n) is 4.07. The standard InChI is InChI=1S/C19H23N3O3/c1-19(2,3)21-17(23)12-8-4-6-10-14(12)20-18(24)16-13-9-5-7-11-15(13)25-22-16/h4,6,8,10H,5,7,9,11H2,1-3H3,(H,20,24)(H,21,23). The number of hydrogen-bond acceptors (Lipinski definition) is 4. The molecule has 0 saturated heterocycles. The molecule has 0 aliphatic heterocycles. The smallest absolute Gasteiger partial charge is 0.278 e. The number of aromatic nitrogens is 1. The highest BCUT2D eigenvalue weighted by molar-refractivity contribution is 6.08. The summed E-state index contributed by atoms with van der Waals surface area (Å²) in [7, 11) is 0. The predicted molar refractivity (Wildman–Crippen MR) is 94.8 cm³/mol. The molecule has 132 valence electrons. The molecular formula is C19H23N3O3. The highest BCUT2D eigenvalue weighted by atomic mass is 16.5. The number of anilines is 1. The molecule has 0 bridgehead atoms. The molecule has 1 heterocycles. The Kier molecular flexibility index (Phi) is 4.61. The maximum absolute atomic E-state index is 12.6. The van der Waals surface area contributed by atoms with Crippen molar-refractivity contribution in [1.29, 1.82) is 0 Å². The Morgan fingerprint density at radius 2 is 1.80 bits per heavy atom. The number of rotatable bonds is 3. The van der Waals surface area contributed by atoms with E-state index >= 15 is 0 Å². The molecule has 0 saturated carbocycles. The molecule has 1 aromatic carbocycles. The normalized spacial score (nSPS) is 13.9. The van der Waals surface area contributed by atoms with Crippen LogP contribution >= 0.6 is 0 Å². The van der Waals surface area contributed by atoms with Gasteiger partial charge in [0.15, 0.2) is 5.69 Å². The summed E-state index contributed by atoms with van der Waals surface area (Å²) in [6.07, 6.45) is 3.70. The van der Waals surface area contributed by atoms with Crippen molar-refractivity contribution in [3.05, 3.63) is 46.8 Å². The molecule has 2 aromatic rings. The van der Waals surface area contributed by atoms with Gasteiger partial charge in [0.2, 0.25) is 0 Å². The summed E-state index contributed by atoms with van der Waals surface area (Å²) in [4.78, 5) is 25.1. The first-order valence-corrected chi connectivity index (χ1v) is 8.55. The van der Waals surface area contributed by atoms with E-state index in [1.807, 2.05) is 20.8 Å². The molecule has 1 aliphatic rings. The number of fused-ring (bicyclic) bond motifs is 1. The lowest BCUT2D eigenvalue weighted by atomic mass is 9.96. The molecule has 1 aliphatic carbocycles. The number of amides is 2. The Labute approximate surface area is 147 Å². The summed E-state index contributed by atoms with van der Waals surface area (Å²) in [5, 5.41) is 9.66.